The average molecular weight is 383 g/mol. The van der Waals surface area contributed by atoms with Crippen molar-refractivity contribution in [1.82, 2.24) is 0 Å². The Kier molecular flexibility index (Phi) is 4.25. The average Bonchev–Trinajstić information content (AvgIpc) is 3.30. The molecule has 4 nitrogen and oxygen atoms in total. The van der Waals surface area contributed by atoms with E-state index < -0.39 is 9.84 Å². The molecule has 1 heterocycles. The third kappa shape index (κ3) is 3.19. The Balaban J connectivity index is 2.04. The van der Waals surface area contributed by atoms with E-state index in [-0.39, 0.29) is 15.9 Å². The number of ether oxygens (including phenoxy) is 2. The van der Waals surface area contributed by atoms with Crippen molar-refractivity contribution in [2.75, 3.05) is 13.2 Å². The van der Waals surface area contributed by atoms with Crippen LogP contribution in [0.1, 0.15) is 5.56 Å². The molecule has 0 saturated carbocycles. The summed E-state index contributed by atoms with van der Waals surface area (Å²) in [5.41, 5.74) is 0.893. The zero-order valence-electron chi connectivity index (χ0n) is 12.0. The number of benzene rings is 2. The molecular weight excluding hydrogens is 368 g/mol. The zero-order chi connectivity index (χ0) is 15.7. The molecule has 0 radical (unpaired) electrons. The van der Waals surface area contributed by atoms with Gasteiger partial charge in [0.25, 0.3) is 0 Å². The summed E-state index contributed by atoms with van der Waals surface area (Å²) in [6.45, 7) is 2.87. The first-order valence-electron chi connectivity index (χ1n) is 6.83. The molecule has 1 aliphatic rings. The van der Waals surface area contributed by atoms with Crippen LogP contribution < -0.4 is 4.74 Å². The van der Waals surface area contributed by atoms with Crippen LogP contribution in [0.4, 0.5) is 0 Å². The summed E-state index contributed by atoms with van der Waals surface area (Å²) in [7, 11) is -3.64. The van der Waals surface area contributed by atoms with E-state index in [1.54, 1.807) is 36.4 Å². The second kappa shape index (κ2) is 6.02. The standard InChI is InChI=1S/C16H15BrO4S/c1-11-4-2-5-13(8-11)22(18,19)15-7-3-6-14(17)16(15)21-10-12-9-20-12/h2-8,12H,9-10H2,1H3. The Labute approximate surface area is 138 Å². The van der Waals surface area contributed by atoms with Gasteiger partial charge in [0, 0.05) is 0 Å². The number of aryl methyl sites for hydroxylation is 1. The highest BCUT2D eigenvalue weighted by molar-refractivity contribution is 9.10. The number of sulfone groups is 1. The van der Waals surface area contributed by atoms with Crippen LogP contribution in [0.2, 0.25) is 0 Å². The Morgan fingerprint density at radius 2 is 2.00 bits per heavy atom. The maximum absolute atomic E-state index is 12.9. The molecule has 3 rings (SSSR count). The third-order valence-corrected chi connectivity index (χ3v) is 5.74. The van der Waals surface area contributed by atoms with Gasteiger partial charge in [0.05, 0.1) is 16.0 Å². The molecule has 1 fully saturated rings. The Hall–Kier alpha value is -1.37. The molecule has 22 heavy (non-hydrogen) atoms. The SMILES string of the molecule is Cc1cccc(S(=O)(=O)c2cccc(Br)c2OCC2CO2)c1. The molecule has 1 aliphatic heterocycles. The maximum atomic E-state index is 12.9. The maximum Gasteiger partial charge on any atom is 0.210 e. The van der Waals surface area contributed by atoms with Crippen molar-refractivity contribution in [3.63, 3.8) is 0 Å². The lowest BCUT2D eigenvalue weighted by molar-refractivity contribution is 0.256. The molecule has 6 heteroatoms. The van der Waals surface area contributed by atoms with Crippen LogP contribution in [0, 0.1) is 6.92 Å². The van der Waals surface area contributed by atoms with Gasteiger partial charge in [-0.25, -0.2) is 8.42 Å². The lowest BCUT2D eigenvalue weighted by Crippen LogP contribution is -2.10. The highest BCUT2D eigenvalue weighted by atomic mass is 79.9. The van der Waals surface area contributed by atoms with Gasteiger partial charge < -0.3 is 9.47 Å². The fourth-order valence-corrected chi connectivity index (χ4v) is 4.23. The molecule has 1 unspecified atom stereocenters. The van der Waals surface area contributed by atoms with Crippen LogP contribution in [-0.4, -0.2) is 27.7 Å². The summed E-state index contributed by atoms with van der Waals surface area (Å²) in [5, 5.41) is 0. The van der Waals surface area contributed by atoms with Gasteiger partial charge in [-0.3, -0.25) is 0 Å². The summed E-state index contributed by atoms with van der Waals surface area (Å²) < 4.78 is 37.2. The van der Waals surface area contributed by atoms with Gasteiger partial charge >= 0.3 is 0 Å². The van der Waals surface area contributed by atoms with Gasteiger partial charge in [-0.2, -0.15) is 0 Å². The van der Waals surface area contributed by atoms with Crippen molar-refractivity contribution in [2.24, 2.45) is 0 Å². The molecule has 0 aromatic heterocycles. The highest BCUT2D eigenvalue weighted by Gasteiger charge is 2.27. The van der Waals surface area contributed by atoms with E-state index in [1.165, 1.54) is 0 Å². The van der Waals surface area contributed by atoms with Gasteiger partial charge in [-0.1, -0.05) is 18.2 Å². The van der Waals surface area contributed by atoms with Crippen LogP contribution in [-0.2, 0) is 14.6 Å². The summed E-state index contributed by atoms with van der Waals surface area (Å²) in [6, 6.07) is 11.9. The Morgan fingerprint density at radius 3 is 2.68 bits per heavy atom. The van der Waals surface area contributed by atoms with Gasteiger partial charge in [-0.15, -0.1) is 0 Å². The summed E-state index contributed by atoms with van der Waals surface area (Å²) >= 11 is 3.37. The fraction of sp³-hybridized carbons (Fsp3) is 0.250. The molecule has 0 spiro atoms. The van der Waals surface area contributed by atoms with Gasteiger partial charge in [0.1, 0.15) is 17.6 Å². The fourth-order valence-electron chi connectivity index (χ4n) is 2.09. The van der Waals surface area contributed by atoms with Crippen molar-refractivity contribution in [2.45, 2.75) is 22.8 Å². The first-order valence-corrected chi connectivity index (χ1v) is 9.11. The van der Waals surface area contributed by atoms with Crippen molar-refractivity contribution < 1.29 is 17.9 Å². The number of halogens is 1. The van der Waals surface area contributed by atoms with Gasteiger partial charge in [-0.05, 0) is 52.7 Å². The number of rotatable bonds is 5. The Bertz CT molecular complexity index is 798. The second-order valence-corrected chi connectivity index (χ2v) is 7.93. The van der Waals surface area contributed by atoms with Crippen LogP contribution >= 0.6 is 15.9 Å². The predicted octanol–water partition coefficient (Wildman–Crippen LogP) is 3.37. The molecule has 0 bridgehead atoms. The minimum Gasteiger partial charge on any atom is -0.488 e. The molecule has 116 valence electrons. The largest absolute Gasteiger partial charge is 0.488 e. The third-order valence-electron chi connectivity index (χ3n) is 3.34. The first kappa shape index (κ1) is 15.5. The minimum absolute atomic E-state index is 0.0571. The molecule has 0 N–H and O–H groups in total. The number of epoxide rings is 1. The van der Waals surface area contributed by atoms with E-state index in [2.05, 4.69) is 15.9 Å². The van der Waals surface area contributed by atoms with E-state index in [0.717, 1.165) is 5.56 Å². The van der Waals surface area contributed by atoms with Crippen LogP contribution in [0.15, 0.2) is 56.7 Å². The number of hydrogen-bond donors (Lipinski definition) is 0. The first-order chi connectivity index (χ1) is 10.5. The molecule has 2 aromatic rings. The topological polar surface area (TPSA) is 55.9 Å². The van der Waals surface area contributed by atoms with Crippen molar-refractivity contribution in [3.05, 3.63) is 52.5 Å². The lowest BCUT2D eigenvalue weighted by Gasteiger charge is -2.13. The predicted molar refractivity (Wildman–Crippen MR) is 86.0 cm³/mol. The summed E-state index contributed by atoms with van der Waals surface area (Å²) in [6.07, 6.45) is 0.0571. The van der Waals surface area contributed by atoms with Gasteiger partial charge in [0.15, 0.2) is 5.75 Å². The van der Waals surface area contributed by atoms with Crippen LogP contribution in [0.25, 0.3) is 0 Å². The molecule has 0 aliphatic carbocycles. The van der Waals surface area contributed by atoms with E-state index in [1.807, 2.05) is 13.0 Å². The van der Waals surface area contributed by atoms with Gasteiger partial charge in [0.2, 0.25) is 9.84 Å². The highest BCUT2D eigenvalue weighted by Crippen LogP contribution is 2.36. The minimum atomic E-state index is -3.64. The second-order valence-electron chi connectivity index (χ2n) is 5.15. The van der Waals surface area contributed by atoms with E-state index in [0.29, 0.717) is 23.4 Å². The number of para-hydroxylation sites is 1. The molecular formula is C16H15BrO4S. The van der Waals surface area contributed by atoms with E-state index in [9.17, 15) is 8.42 Å². The molecule has 2 aromatic carbocycles. The molecule has 1 saturated heterocycles. The summed E-state index contributed by atoms with van der Waals surface area (Å²) in [5.74, 6) is 0.333. The molecule has 1 atom stereocenters. The monoisotopic (exact) mass is 382 g/mol. The van der Waals surface area contributed by atoms with Crippen LogP contribution in [0.3, 0.4) is 0 Å². The van der Waals surface area contributed by atoms with Crippen molar-refractivity contribution in [3.8, 4) is 5.75 Å². The lowest BCUT2D eigenvalue weighted by atomic mass is 10.2. The summed E-state index contributed by atoms with van der Waals surface area (Å²) in [4.78, 5) is 0.422. The Morgan fingerprint density at radius 1 is 1.27 bits per heavy atom. The quantitative estimate of drug-likeness (QED) is 0.743. The van der Waals surface area contributed by atoms with E-state index >= 15 is 0 Å². The molecule has 0 amide bonds. The van der Waals surface area contributed by atoms with Crippen molar-refractivity contribution >= 4 is 25.8 Å². The zero-order valence-corrected chi connectivity index (χ0v) is 14.4. The van der Waals surface area contributed by atoms with Crippen LogP contribution in [0.5, 0.6) is 5.75 Å². The number of hydrogen-bond acceptors (Lipinski definition) is 4. The van der Waals surface area contributed by atoms with E-state index in [4.69, 9.17) is 9.47 Å². The smallest absolute Gasteiger partial charge is 0.210 e. The van der Waals surface area contributed by atoms with Crippen molar-refractivity contribution in [1.29, 1.82) is 0 Å². The normalized spacial score (nSPS) is 17.3.